The fourth-order valence-corrected chi connectivity index (χ4v) is 5.24. The van der Waals surface area contributed by atoms with Gasteiger partial charge in [0.25, 0.3) is 0 Å². The third-order valence-corrected chi connectivity index (χ3v) is 7.42. The molecule has 2 fully saturated rings. The highest BCUT2D eigenvalue weighted by Crippen LogP contribution is 2.40. The monoisotopic (exact) mass is 484 g/mol. The molecule has 5 rings (SSSR count). The second-order valence-corrected chi connectivity index (χ2v) is 10.2. The van der Waals surface area contributed by atoms with Crippen molar-refractivity contribution in [2.24, 2.45) is 11.8 Å². The standard InChI is InChI=1S/C31H33ClN2O/c32-28-14-11-24(12-15-28)27-13-17-29(34-22-27)16-6-23-7-18-30(19-8-23)35-21-20-33-31(26-9-10-26)25-4-2-1-3-5-25/h7-8,11-15,17-19,22,25-26,31,33H,1-5,9-10,20-21H2. The molecule has 0 bridgehead atoms. The summed E-state index contributed by atoms with van der Waals surface area (Å²) in [6.45, 7) is 1.61. The average Bonchev–Trinajstić information content (AvgIpc) is 3.75. The van der Waals surface area contributed by atoms with Crippen LogP contribution < -0.4 is 10.1 Å². The Labute approximate surface area is 214 Å². The number of ether oxygens (including phenoxy) is 1. The van der Waals surface area contributed by atoms with Crippen molar-refractivity contribution in [1.29, 1.82) is 0 Å². The third kappa shape index (κ3) is 6.88. The molecular formula is C31H33ClN2O. The van der Waals surface area contributed by atoms with Gasteiger partial charge in [0, 0.05) is 34.9 Å². The minimum atomic E-state index is 0.699. The van der Waals surface area contributed by atoms with Crippen molar-refractivity contribution in [3.05, 3.63) is 83.1 Å². The number of pyridine rings is 1. The Bertz CT molecular complexity index is 1140. The lowest BCUT2D eigenvalue weighted by Gasteiger charge is -2.31. The van der Waals surface area contributed by atoms with Gasteiger partial charge in [-0.25, -0.2) is 4.98 Å². The van der Waals surface area contributed by atoms with Crippen molar-refractivity contribution in [3.8, 4) is 28.7 Å². The van der Waals surface area contributed by atoms with E-state index < -0.39 is 0 Å². The van der Waals surface area contributed by atoms with Gasteiger partial charge in [-0.05, 0) is 91.5 Å². The van der Waals surface area contributed by atoms with Crippen LogP contribution in [-0.2, 0) is 0 Å². The minimum absolute atomic E-state index is 0.699. The fourth-order valence-electron chi connectivity index (χ4n) is 5.11. The van der Waals surface area contributed by atoms with Crippen LogP contribution in [0.2, 0.25) is 5.02 Å². The quantitative estimate of drug-likeness (QED) is 0.273. The summed E-state index contributed by atoms with van der Waals surface area (Å²) < 4.78 is 5.99. The highest BCUT2D eigenvalue weighted by Gasteiger charge is 2.36. The second-order valence-electron chi connectivity index (χ2n) is 9.78. The van der Waals surface area contributed by atoms with Crippen LogP contribution >= 0.6 is 11.6 Å². The van der Waals surface area contributed by atoms with Crippen LogP contribution in [0, 0.1) is 23.7 Å². The zero-order chi connectivity index (χ0) is 23.9. The molecule has 1 heterocycles. The number of rotatable bonds is 8. The first-order chi connectivity index (χ1) is 17.2. The number of benzene rings is 2. The molecule has 0 radical (unpaired) electrons. The van der Waals surface area contributed by atoms with Gasteiger partial charge >= 0.3 is 0 Å². The molecule has 2 aliphatic rings. The lowest BCUT2D eigenvalue weighted by molar-refractivity contribution is 0.230. The predicted molar refractivity (Wildman–Crippen MR) is 144 cm³/mol. The molecule has 0 aliphatic heterocycles. The van der Waals surface area contributed by atoms with Gasteiger partial charge < -0.3 is 10.1 Å². The Morgan fingerprint density at radius 3 is 2.23 bits per heavy atom. The summed E-state index contributed by atoms with van der Waals surface area (Å²) in [5.41, 5.74) is 3.83. The van der Waals surface area contributed by atoms with E-state index in [9.17, 15) is 0 Å². The number of hydrogen-bond acceptors (Lipinski definition) is 3. The molecule has 3 nitrogen and oxygen atoms in total. The number of aromatic nitrogens is 1. The van der Waals surface area contributed by atoms with E-state index >= 15 is 0 Å². The molecule has 2 saturated carbocycles. The molecule has 0 amide bonds. The number of hydrogen-bond donors (Lipinski definition) is 1. The molecule has 1 unspecified atom stereocenters. The molecule has 180 valence electrons. The first-order valence-electron chi connectivity index (χ1n) is 12.9. The van der Waals surface area contributed by atoms with Gasteiger partial charge in [-0.2, -0.15) is 0 Å². The molecular weight excluding hydrogens is 452 g/mol. The minimum Gasteiger partial charge on any atom is -0.492 e. The highest BCUT2D eigenvalue weighted by atomic mass is 35.5. The van der Waals surface area contributed by atoms with E-state index in [-0.39, 0.29) is 0 Å². The van der Waals surface area contributed by atoms with Crippen molar-refractivity contribution in [2.75, 3.05) is 13.2 Å². The first kappa shape index (κ1) is 23.9. The summed E-state index contributed by atoms with van der Waals surface area (Å²) >= 11 is 5.97. The third-order valence-electron chi connectivity index (χ3n) is 7.17. The largest absolute Gasteiger partial charge is 0.492 e. The average molecular weight is 485 g/mol. The van der Waals surface area contributed by atoms with E-state index in [0.29, 0.717) is 12.6 Å². The molecule has 0 spiro atoms. The molecule has 2 aromatic carbocycles. The Morgan fingerprint density at radius 1 is 0.829 bits per heavy atom. The molecule has 35 heavy (non-hydrogen) atoms. The van der Waals surface area contributed by atoms with E-state index in [2.05, 4.69) is 22.1 Å². The number of nitrogens with one attached hydrogen (secondary N) is 1. The molecule has 1 N–H and O–H groups in total. The number of halogens is 1. The molecule has 0 saturated heterocycles. The summed E-state index contributed by atoms with van der Waals surface area (Å²) in [7, 11) is 0. The summed E-state index contributed by atoms with van der Waals surface area (Å²) in [6.07, 6.45) is 11.7. The maximum atomic E-state index is 5.99. The van der Waals surface area contributed by atoms with Crippen molar-refractivity contribution >= 4 is 11.6 Å². The molecule has 3 aromatic rings. The summed E-state index contributed by atoms with van der Waals surface area (Å²) in [5, 5.41) is 4.56. The highest BCUT2D eigenvalue weighted by molar-refractivity contribution is 6.30. The maximum absolute atomic E-state index is 5.99. The van der Waals surface area contributed by atoms with Crippen LogP contribution in [-0.4, -0.2) is 24.2 Å². The molecule has 2 aliphatic carbocycles. The molecule has 1 atom stereocenters. The van der Waals surface area contributed by atoms with Gasteiger partial charge in [0.05, 0.1) is 0 Å². The summed E-state index contributed by atoms with van der Waals surface area (Å²) in [4.78, 5) is 4.49. The van der Waals surface area contributed by atoms with Gasteiger partial charge in [0.2, 0.25) is 0 Å². The summed E-state index contributed by atoms with van der Waals surface area (Å²) in [6, 6.07) is 20.5. The molecule has 4 heteroatoms. The second kappa shape index (κ2) is 11.8. The van der Waals surface area contributed by atoms with Crippen molar-refractivity contribution in [2.45, 2.75) is 51.0 Å². The van der Waals surface area contributed by atoms with Crippen LogP contribution in [0.25, 0.3) is 11.1 Å². The van der Waals surface area contributed by atoms with Gasteiger partial charge in [0.1, 0.15) is 18.1 Å². The van der Waals surface area contributed by atoms with Crippen molar-refractivity contribution in [3.63, 3.8) is 0 Å². The number of nitrogens with zero attached hydrogens (tertiary/aromatic N) is 1. The van der Waals surface area contributed by atoms with E-state index in [1.165, 1.54) is 44.9 Å². The van der Waals surface area contributed by atoms with Gasteiger partial charge in [-0.3, -0.25) is 0 Å². The Morgan fingerprint density at radius 2 is 1.54 bits per heavy atom. The SMILES string of the molecule is Clc1ccc(-c2ccc(C#Cc3ccc(OCCNC(C4CCCCC4)C4CC4)cc3)nc2)cc1. The molecule has 1 aromatic heterocycles. The van der Waals surface area contributed by atoms with Crippen LogP contribution in [0.3, 0.4) is 0 Å². The van der Waals surface area contributed by atoms with Crippen LogP contribution in [0.5, 0.6) is 5.75 Å². The van der Waals surface area contributed by atoms with E-state index in [4.69, 9.17) is 16.3 Å². The van der Waals surface area contributed by atoms with Crippen molar-refractivity contribution in [1.82, 2.24) is 10.3 Å². The Balaban J connectivity index is 1.09. The van der Waals surface area contributed by atoms with Crippen molar-refractivity contribution < 1.29 is 4.74 Å². The van der Waals surface area contributed by atoms with E-state index in [1.54, 1.807) is 0 Å². The zero-order valence-electron chi connectivity index (χ0n) is 20.2. The zero-order valence-corrected chi connectivity index (χ0v) is 20.9. The predicted octanol–water partition coefficient (Wildman–Crippen LogP) is 7.13. The van der Waals surface area contributed by atoms with Crippen LogP contribution in [0.4, 0.5) is 0 Å². The summed E-state index contributed by atoms with van der Waals surface area (Å²) in [5.74, 6) is 9.01. The Hall–Kier alpha value is -2.80. The lowest BCUT2D eigenvalue weighted by Crippen LogP contribution is -2.41. The van der Waals surface area contributed by atoms with E-state index in [0.717, 1.165) is 51.5 Å². The topological polar surface area (TPSA) is 34.1 Å². The maximum Gasteiger partial charge on any atom is 0.119 e. The normalized spacial score (nSPS) is 16.8. The Kier molecular flexibility index (Phi) is 8.03. The van der Waals surface area contributed by atoms with Crippen LogP contribution in [0.15, 0.2) is 66.9 Å². The smallest absolute Gasteiger partial charge is 0.119 e. The van der Waals surface area contributed by atoms with Crippen LogP contribution in [0.1, 0.15) is 56.2 Å². The lowest BCUT2D eigenvalue weighted by atomic mass is 9.82. The first-order valence-corrected chi connectivity index (χ1v) is 13.3. The van der Waals surface area contributed by atoms with E-state index in [1.807, 2.05) is 66.9 Å². The van der Waals surface area contributed by atoms with Gasteiger partial charge in [-0.1, -0.05) is 55.0 Å². The van der Waals surface area contributed by atoms with Gasteiger partial charge in [-0.15, -0.1) is 0 Å². The van der Waals surface area contributed by atoms with Gasteiger partial charge in [0.15, 0.2) is 0 Å². The fraction of sp³-hybridized carbons (Fsp3) is 0.387.